The standard InChI is InChI=1S/C12H11N3O2/c16-11-3-4-14-12(17)15(11)10-2-1-8-6-13-7-9(8)5-10/h1-5,13H,6-7H2,(H,14,17). The fraction of sp³-hybridized carbons (Fsp3) is 0.167. The summed E-state index contributed by atoms with van der Waals surface area (Å²) in [7, 11) is 0. The molecule has 0 unspecified atom stereocenters. The van der Waals surface area contributed by atoms with Crippen LogP contribution in [0.25, 0.3) is 5.69 Å². The first-order valence-electron chi connectivity index (χ1n) is 5.39. The Morgan fingerprint density at radius 3 is 2.71 bits per heavy atom. The summed E-state index contributed by atoms with van der Waals surface area (Å²) in [4.78, 5) is 25.8. The molecule has 1 aliphatic rings. The largest absolute Gasteiger partial charge is 0.332 e. The van der Waals surface area contributed by atoms with Gasteiger partial charge in [0.25, 0.3) is 5.56 Å². The SMILES string of the molecule is O=c1cc[nH]c(=O)n1-c1ccc2c(c1)CNC2. The van der Waals surface area contributed by atoms with E-state index in [1.807, 2.05) is 12.1 Å². The second-order valence-electron chi connectivity index (χ2n) is 4.01. The Morgan fingerprint density at radius 2 is 1.88 bits per heavy atom. The minimum atomic E-state index is -0.414. The number of nitrogens with one attached hydrogen (secondary N) is 2. The molecule has 0 spiro atoms. The Hall–Kier alpha value is -2.14. The van der Waals surface area contributed by atoms with Crippen LogP contribution in [0.2, 0.25) is 0 Å². The Kier molecular flexibility index (Phi) is 2.19. The van der Waals surface area contributed by atoms with Gasteiger partial charge in [-0.25, -0.2) is 9.36 Å². The van der Waals surface area contributed by atoms with E-state index in [0.717, 1.165) is 23.2 Å². The fourth-order valence-electron chi connectivity index (χ4n) is 2.09. The van der Waals surface area contributed by atoms with Gasteiger partial charge in [-0.1, -0.05) is 6.07 Å². The zero-order valence-corrected chi connectivity index (χ0v) is 9.06. The first-order chi connectivity index (χ1) is 8.25. The molecule has 0 saturated carbocycles. The first-order valence-corrected chi connectivity index (χ1v) is 5.39. The van der Waals surface area contributed by atoms with E-state index in [2.05, 4.69) is 10.3 Å². The molecular formula is C12H11N3O2. The lowest BCUT2D eigenvalue weighted by Crippen LogP contribution is -2.32. The average Bonchev–Trinajstić information content (AvgIpc) is 2.76. The van der Waals surface area contributed by atoms with Crippen LogP contribution in [0, 0.1) is 0 Å². The first kappa shape index (κ1) is 10.0. The van der Waals surface area contributed by atoms with Crippen LogP contribution in [0.1, 0.15) is 11.1 Å². The van der Waals surface area contributed by atoms with E-state index in [-0.39, 0.29) is 5.56 Å². The van der Waals surface area contributed by atoms with Gasteiger partial charge in [-0.15, -0.1) is 0 Å². The number of aromatic nitrogens is 2. The molecule has 17 heavy (non-hydrogen) atoms. The lowest BCUT2D eigenvalue weighted by molar-refractivity contribution is 0.764. The van der Waals surface area contributed by atoms with Gasteiger partial charge < -0.3 is 10.3 Å². The zero-order valence-electron chi connectivity index (χ0n) is 9.06. The van der Waals surface area contributed by atoms with E-state index >= 15 is 0 Å². The monoisotopic (exact) mass is 229 g/mol. The molecule has 0 fully saturated rings. The second kappa shape index (κ2) is 3.71. The summed E-state index contributed by atoms with van der Waals surface area (Å²) in [5.41, 5.74) is 2.23. The summed E-state index contributed by atoms with van der Waals surface area (Å²) in [5.74, 6) is 0. The number of rotatable bonds is 1. The van der Waals surface area contributed by atoms with Gasteiger partial charge in [0, 0.05) is 25.4 Å². The van der Waals surface area contributed by atoms with Gasteiger partial charge in [-0.3, -0.25) is 4.79 Å². The summed E-state index contributed by atoms with van der Waals surface area (Å²) >= 11 is 0. The Morgan fingerprint density at radius 1 is 1.06 bits per heavy atom. The van der Waals surface area contributed by atoms with E-state index in [1.54, 1.807) is 6.07 Å². The van der Waals surface area contributed by atoms with Gasteiger partial charge in [0.1, 0.15) is 0 Å². The van der Waals surface area contributed by atoms with E-state index < -0.39 is 5.69 Å². The van der Waals surface area contributed by atoms with E-state index in [9.17, 15) is 9.59 Å². The molecule has 3 rings (SSSR count). The molecule has 0 radical (unpaired) electrons. The van der Waals surface area contributed by atoms with Crippen molar-refractivity contribution in [2.45, 2.75) is 13.1 Å². The number of hydrogen-bond donors (Lipinski definition) is 2. The topological polar surface area (TPSA) is 66.9 Å². The number of fused-ring (bicyclic) bond motifs is 1. The molecule has 0 bridgehead atoms. The highest BCUT2D eigenvalue weighted by molar-refractivity contribution is 5.42. The minimum Gasteiger partial charge on any atom is -0.314 e. The normalized spacial score (nSPS) is 13.6. The maximum atomic E-state index is 11.7. The summed E-state index contributed by atoms with van der Waals surface area (Å²) in [6.45, 7) is 1.62. The molecule has 86 valence electrons. The van der Waals surface area contributed by atoms with Crippen molar-refractivity contribution in [2.75, 3.05) is 0 Å². The summed E-state index contributed by atoms with van der Waals surface area (Å²) in [6, 6.07) is 6.96. The second-order valence-corrected chi connectivity index (χ2v) is 4.01. The van der Waals surface area contributed by atoms with Crippen molar-refractivity contribution in [3.63, 3.8) is 0 Å². The van der Waals surface area contributed by atoms with Gasteiger partial charge in [0.05, 0.1) is 5.69 Å². The average molecular weight is 229 g/mol. The molecule has 2 aromatic rings. The molecule has 0 aliphatic carbocycles. The van der Waals surface area contributed by atoms with E-state index in [0.29, 0.717) is 5.69 Å². The number of nitrogens with zero attached hydrogens (tertiary/aromatic N) is 1. The molecule has 1 aromatic heterocycles. The van der Waals surface area contributed by atoms with Crippen molar-refractivity contribution >= 4 is 0 Å². The highest BCUT2D eigenvalue weighted by Crippen LogP contribution is 2.17. The van der Waals surface area contributed by atoms with Crippen molar-refractivity contribution in [3.8, 4) is 5.69 Å². The number of hydrogen-bond acceptors (Lipinski definition) is 3. The number of benzene rings is 1. The predicted octanol–water partition coefficient (Wildman–Crippen LogP) is 0.129. The molecule has 1 aliphatic heterocycles. The third-order valence-electron chi connectivity index (χ3n) is 2.94. The third-order valence-corrected chi connectivity index (χ3v) is 2.94. The number of aromatic amines is 1. The van der Waals surface area contributed by atoms with E-state index in [4.69, 9.17) is 0 Å². The van der Waals surface area contributed by atoms with E-state index in [1.165, 1.54) is 17.8 Å². The van der Waals surface area contributed by atoms with Crippen molar-refractivity contribution in [1.29, 1.82) is 0 Å². The van der Waals surface area contributed by atoms with Gasteiger partial charge in [0.2, 0.25) is 0 Å². The maximum absolute atomic E-state index is 11.7. The lowest BCUT2D eigenvalue weighted by atomic mass is 10.1. The smallest absolute Gasteiger partial charge is 0.314 e. The Labute approximate surface area is 96.7 Å². The summed E-state index contributed by atoms with van der Waals surface area (Å²) in [6.07, 6.45) is 1.36. The predicted molar refractivity (Wildman–Crippen MR) is 63.2 cm³/mol. The summed E-state index contributed by atoms with van der Waals surface area (Å²) in [5, 5.41) is 3.22. The van der Waals surface area contributed by atoms with Gasteiger partial charge in [0.15, 0.2) is 0 Å². The molecular weight excluding hydrogens is 218 g/mol. The zero-order chi connectivity index (χ0) is 11.8. The lowest BCUT2D eigenvalue weighted by Gasteiger charge is -2.05. The molecule has 0 saturated heterocycles. The summed E-state index contributed by atoms with van der Waals surface area (Å²) < 4.78 is 1.14. The van der Waals surface area contributed by atoms with Crippen LogP contribution in [-0.2, 0) is 13.1 Å². The molecule has 2 heterocycles. The maximum Gasteiger partial charge on any atom is 0.332 e. The Balaban J connectivity index is 2.23. The van der Waals surface area contributed by atoms with Crippen LogP contribution in [0.4, 0.5) is 0 Å². The van der Waals surface area contributed by atoms with Crippen LogP contribution < -0.4 is 16.6 Å². The minimum absolute atomic E-state index is 0.320. The van der Waals surface area contributed by atoms with Crippen molar-refractivity contribution in [1.82, 2.24) is 14.9 Å². The molecule has 1 aromatic carbocycles. The van der Waals surface area contributed by atoms with Gasteiger partial charge in [-0.05, 0) is 23.3 Å². The Bertz CT molecular complexity index is 656. The fourth-order valence-corrected chi connectivity index (χ4v) is 2.09. The van der Waals surface area contributed by atoms with Crippen LogP contribution in [0.15, 0.2) is 40.1 Å². The third kappa shape index (κ3) is 1.60. The number of H-pyrrole nitrogens is 1. The molecule has 5 nitrogen and oxygen atoms in total. The van der Waals surface area contributed by atoms with Crippen molar-refractivity contribution < 1.29 is 0 Å². The van der Waals surface area contributed by atoms with Gasteiger partial charge >= 0.3 is 5.69 Å². The molecule has 5 heteroatoms. The van der Waals surface area contributed by atoms with Crippen molar-refractivity contribution in [3.05, 3.63) is 62.4 Å². The van der Waals surface area contributed by atoms with Crippen LogP contribution in [0.5, 0.6) is 0 Å². The quantitative estimate of drug-likeness (QED) is 0.730. The van der Waals surface area contributed by atoms with Crippen LogP contribution >= 0.6 is 0 Å². The van der Waals surface area contributed by atoms with Crippen LogP contribution in [-0.4, -0.2) is 9.55 Å². The molecule has 0 amide bonds. The highest BCUT2D eigenvalue weighted by Gasteiger charge is 2.12. The van der Waals surface area contributed by atoms with Crippen molar-refractivity contribution in [2.24, 2.45) is 0 Å². The molecule has 0 atom stereocenters. The highest BCUT2D eigenvalue weighted by atomic mass is 16.2. The van der Waals surface area contributed by atoms with Crippen LogP contribution in [0.3, 0.4) is 0 Å². The molecule has 2 N–H and O–H groups in total. The van der Waals surface area contributed by atoms with Gasteiger partial charge in [-0.2, -0.15) is 0 Å².